The second-order valence-corrected chi connectivity index (χ2v) is 3.64. The van der Waals surface area contributed by atoms with Gasteiger partial charge in [0.05, 0.1) is 0 Å². The molecule has 3 heteroatoms. The molecule has 0 spiro atoms. The second kappa shape index (κ2) is 3.40. The fourth-order valence-electron chi connectivity index (χ4n) is 1.48. The van der Waals surface area contributed by atoms with Gasteiger partial charge in [0.1, 0.15) is 0 Å². The molecule has 0 aliphatic heterocycles. The van der Waals surface area contributed by atoms with Gasteiger partial charge in [-0.1, -0.05) is 18.2 Å². The monoisotopic (exact) mass is 193 g/mol. The fraction of sp³-hybridized carbons (Fsp3) is 0.364. The second-order valence-electron chi connectivity index (χ2n) is 3.64. The molecule has 1 aliphatic carbocycles. The Labute approximate surface area is 82.1 Å². The number of carbonyl (C=O) groups is 1. The Balaban J connectivity index is 2.02. The Kier molecular flexibility index (Phi) is 2.23. The number of halogens is 1. The summed E-state index contributed by atoms with van der Waals surface area (Å²) in [6, 6.07) is 8.96. The fourth-order valence-corrected chi connectivity index (χ4v) is 1.48. The number of amides is 1. The lowest BCUT2D eigenvalue weighted by Gasteiger charge is -2.31. The highest BCUT2D eigenvalue weighted by molar-refractivity contribution is 5.97. The zero-order valence-electron chi connectivity index (χ0n) is 7.79. The van der Waals surface area contributed by atoms with Crippen molar-refractivity contribution in [3.8, 4) is 0 Å². The first-order chi connectivity index (χ1) is 6.71. The van der Waals surface area contributed by atoms with Crippen molar-refractivity contribution >= 4 is 11.6 Å². The highest BCUT2D eigenvalue weighted by Gasteiger charge is 2.44. The Morgan fingerprint density at radius 3 is 2.43 bits per heavy atom. The van der Waals surface area contributed by atoms with E-state index in [-0.39, 0.29) is 0 Å². The van der Waals surface area contributed by atoms with Crippen LogP contribution in [-0.2, 0) is 4.79 Å². The molecule has 1 fully saturated rings. The van der Waals surface area contributed by atoms with Crippen LogP contribution in [0.3, 0.4) is 0 Å². The van der Waals surface area contributed by atoms with E-state index in [1.54, 1.807) is 24.3 Å². The Hall–Kier alpha value is -1.38. The molecule has 2 nitrogen and oxygen atoms in total. The van der Waals surface area contributed by atoms with Crippen molar-refractivity contribution in [1.82, 2.24) is 0 Å². The van der Waals surface area contributed by atoms with Gasteiger partial charge in [-0.15, -0.1) is 0 Å². The van der Waals surface area contributed by atoms with Crippen LogP contribution in [0.5, 0.6) is 0 Å². The van der Waals surface area contributed by atoms with Crippen LogP contribution in [0.25, 0.3) is 0 Å². The third-order valence-corrected chi connectivity index (χ3v) is 2.58. The third kappa shape index (κ3) is 1.62. The minimum absolute atomic E-state index is 0.353. The average Bonchev–Trinajstić information content (AvgIpc) is 2.15. The van der Waals surface area contributed by atoms with E-state index in [1.165, 1.54) is 0 Å². The average molecular weight is 193 g/mol. The summed E-state index contributed by atoms with van der Waals surface area (Å²) in [5.41, 5.74) is -0.961. The lowest BCUT2D eigenvalue weighted by atomic mass is 9.81. The molecular formula is C11H12FNO. The maximum Gasteiger partial charge on any atom is 0.262 e. The topological polar surface area (TPSA) is 29.1 Å². The zero-order valence-corrected chi connectivity index (χ0v) is 7.79. The van der Waals surface area contributed by atoms with Gasteiger partial charge in [0.2, 0.25) is 0 Å². The molecule has 1 aromatic carbocycles. The van der Waals surface area contributed by atoms with E-state index in [4.69, 9.17) is 0 Å². The van der Waals surface area contributed by atoms with Crippen LogP contribution in [0.2, 0.25) is 0 Å². The maximum atomic E-state index is 13.6. The molecule has 1 N–H and O–H groups in total. The molecule has 0 bridgehead atoms. The SMILES string of the molecule is O=C(Nc1ccccc1)C1(F)CCC1. The summed E-state index contributed by atoms with van der Waals surface area (Å²) in [5.74, 6) is -0.505. The summed E-state index contributed by atoms with van der Waals surface area (Å²) < 4.78 is 13.6. The van der Waals surface area contributed by atoms with Crippen LogP contribution >= 0.6 is 0 Å². The van der Waals surface area contributed by atoms with E-state index >= 15 is 0 Å². The first kappa shape index (κ1) is 9.19. The summed E-state index contributed by atoms with van der Waals surface area (Å²) in [6.45, 7) is 0. The molecule has 0 saturated heterocycles. The molecule has 0 unspecified atom stereocenters. The van der Waals surface area contributed by atoms with E-state index in [0.29, 0.717) is 18.5 Å². The van der Waals surface area contributed by atoms with Gasteiger partial charge in [-0.3, -0.25) is 4.79 Å². The molecule has 1 saturated carbocycles. The van der Waals surface area contributed by atoms with Crippen LogP contribution in [0, 0.1) is 0 Å². The van der Waals surface area contributed by atoms with Crippen LogP contribution in [0.4, 0.5) is 10.1 Å². The molecule has 0 atom stereocenters. The molecule has 0 radical (unpaired) electrons. The van der Waals surface area contributed by atoms with Crippen molar-refractivity contribution in [2.45, 2.75) is 24.9 Å². The quantitative estimate of drug-likeness (QED) is 0.768. The van der Waals surface area contributed by atoms with Crippen molar-refractivity contribution in [2.24, 2.45) is 0 Å². The lowest BCUT2D eigenvalue weighted by molar-refractivity contribution is -0.132. The van der Waals surface area contributed by atoms with Gasteiger partial charge < -0.3 is 5.32 Å². The predicted octanol–water partition coefficient (Wildman–Crippen LogP) is 2.52. The smallest absolute Gasteiger partial charge is 0.262 e. The van der Waals surface area contributed by atoms with Gasteiger partial charge in [-0.25, -0.2) is 4.39 Å². The van der Waals surface area contributed by atoms with Crippen molar-refractivity contribution in [3.63, 3.8) is 0 Å². The largest absolute Gasteiger partial charge is 0.323 e. The van der Waals surface area contributed by atoms with Crippen molar-refractivity contribution in [2.75, 3.05) is 5.32 Å². The summed E-state index contributed by atoms with van der Waals surface area (Å²) in [4.78, 5) is 11.4. The summed E-state index contributed by atoms with van der Waals surface area (Å²) in [6.07, 6.45) is 1.51. The molecule has 0 aromatic heterocycles. The third-order valence-electron chi connectivity index (χ3n) is 2.58. The van der Waals surface area contributed by atoms with Crippen molar-refractivity contribution in [1.29, 1.82) is 0 Å². The molecular weight excluding hydrogens is 181 g/mol. The van der Waals surface area contributed by atoms with Crippen LogP contribution in [0.1, 0.15) is 19.3 Å². The Bertz CT molecular complexity index is 332. The number of anilines is 1. The number of hydrogen-bond donors (Lipinski definition) is 1. The lowest BCUT2D eigenvalue weighted by Crippen LogP contribution is -2.44. The number of carbonyl (C=O) groups excluding carboxylic acids is 1. The van der Waals surface area contributed by atoms with Crippen molar-refractivity contribution in [3.05, 3.63) is 30.3 Å². The van der Waals surface area contributed by atoms with Gasteiger partial charge in [-0.2, -0.15) is 0 Å². The summed E-state index contributed by atoms with van der Waals surface area (Å²) in [5, 5.41) is 2.57. The van der Waals surface area contributed by atoms with Gasteiger partial charge >= 0.3 is 0 Å². The molecule has 0 heterocycles. The molecule has 1 aromatic rings. The van der Waals surface area contributed by atoms with E-state index in [9.17, 15) is 9.18 Å². The number of alkyl halides is 1. The molecule has 1 aliphatic rings. The first-order valence-electron chi connectivity index (χ1n) is 4.76. The Morgan fingerprint density at radius 2 is 1.93 bits per heavy atom. The Morgan fingerprint density at radius 1 is 1.29 bits per heavy atom. The van der Waals surface area contributed by atoms with Gasteiger partial charge in [0, 0.05) is 5.69 Å². The van der Waals surface area contributed by atoms with Crippen LogP contribution in [0.15, 0.2) is 30.3 Å². The normalized spacial score (nSPS) is 18.4. The minimum Gasteiger partial charge on any atom is -0.323 e. The molecule has 1 amide bonds. The molecule has 74 valence electrons. The van der Waals surface area contributed by atoms with Crippen LogP contribution in [-0.4, -0.2) is 11.6 Å². The number of para-hydroxylation sites is 1. The van der Waals surface area contributed by atoms with Crippen molar-refractivity contribution < 1.29 is 9.18 Å². The van der Waals surface area contributed by atoms with Gasteiger partial charge in [0.15, 0.2) is 5.67 Å². The minimum atomic E-state index is -1.62. The zero-order chi connectivity index (χ0) is 10.0. The maximum absolute atomic E-state index is 13.6. The standard InChI is InChI=1S/C11H12FNO/c12-11(7-4-8-11)10(14)13-9-5-2-1-3-6-9/h1-3,5-6H,4,7-8H2,(H,13,14). The van der Waals surface area contributed by atoms with E-state index in [2.05, 4.69) is 5.32 Å². The highest BCUT2D eigenvalue weighted by atomic mass is 19.1. The number of hydrogen-bond acceptors (Lipinski definition) is 1. The van der Waals surface area contributed by atoms with Gasteiger partial charge in [0.25, 0.3) is 5.91 Å². The van der Waals surface area contributed by atoms with E-state index in [0.717, 1.165) is 6.42 Å². The van der Waals surface area contributed by atoms with Crippen LogP contribution < -0.4 is 5.32 Å². The highest BCUT2D eigenvalue weighted by Crippen LogP contribution is 2.36. The van der Waals surface area contributed by atoms with E-state index < -0.39 is 11.6 Å². The molecule has 14 heavy (non-hydrogen) atoms. The summed E-state index contributed by atoms with van der Waals surface area (Å²) >= 11 is 0. The number of benzene rings is 1. The summed E-state index contributed by atoms with van der Waals surface area (Å²) in [7, 11) is 0. The van der Waals surface area contributed by atoms with Gasteiger partial charge in [-0.05, 0) is 31.4 Å². The number of nitrogens with one attached hydrogen (secondary N) is 1. The predicted molar refractivity (Wildman–Crippen MR) is 52.8 cm³/mol. The number of rotatable bonds is 2. The first-order valence-corrected chi connectivity index (χ1v) is 4.76. The van der Waals surface area contributed by atoms with E-state index in [1.807, 2.05) is 6.07 Å². The molecule has 2 rings (SSSR count).